The van der Waals surface area contributed by atoms with Crippen molar-refractivity contribution in [2.75, 3.05) is 13.2 Å². The first-order chi connectivity index (χ1) is 7.63. The van der Waals surface area contributed by atoms with Crippen LogP contribution in [0.1, 0.15) is 16.5 Å². The molecule has 1 aromatic heterocycles. The van der Waals surface area contributed by atoms with E-state index in [9.17, 15) is 9.90 Å². The Morgan fingerprint density at radius 3 is 3.00 bits per heavy atom. The highest BCUT2D eigenvalue weighted by Crippen LogP contribution is 2.24. The van der Waals surface area contributed by atoms with Gasteiger partial charge >= 0.3 is 0 Å². The van der Waals surface area contributed by atoms with Crippen molar-refractivity contribution in [3.8, 4) is 0 Å². The number of imidazole rings is 1. The summed E-state index contributed by atoms with van der Waals surface area (Å²) in [6.07, 6.45) is 1.46. The van der Waals surface area contributed by atoms with Gasteiger partial charge in [-0.05, 0) is 0 Å². The Bertz CT molecular complexity index is 392. The number of carbonyl (C=O) groups excluding carboxylic acids is 1. The maximum atomic E-state index is 10.8. The van der Waals surface area contributed by atoms with Crippen LogP contribution in [-0.4, -0.2) is 51.1 Å². The number of nitrogens with zero attached hydrogens (tertiary/aromatic N) is 2. The number of aromatic nitrogens is 2. The number of nitrogens with two attached hydrogens (primary N) is 1. The smallest absolute Gasteiger partial charge is 0.268 e. The largest absolute Gasteiger partial charge is 0.394 e. The van der Waals surface area contributed by atoms with Crippen LogP contribution in [-0.2, 0) is 4.74 Å². The van der Waals surface area contributed by atoms with Gasteiger partial charge in [-0.2, -0.15) is 0 Å². The maximum Gasteiger partial charge on any atom is 0.268 e. The van der Waals surface area contributed by atoms with Crippen LogP contribution in [0.25, 0.3) is 0 Å². The van der Waals surface area contributed by atoms with Crippen LogP contribution in [0.4, 0.5) is 0 Å². The SMILES string of the molecule is NC(=O)c1cn([C@@H]2CO[C@H](CO)[C@H]2O)cn1. The summed E-state index contributed by atoms with van der Waals surface area (Å²) in [6, 6.07) is -0.349. The lowest BCUT2D eigenvalue weighted by molar-refractivity contribution is 0.00199. The van der Waals surface area contributed by atoms with Gasteiger partial charge in [0, 0.05) is 6.20 Å². The molecule has 16 heavy (non-hydrogen) atoms. The number of aliphatic hydroxyl groups is 2. The molecule has 7 nitrogen and oxygen atoms in total. The van der Waals surface area contributed by atoms with Gasteiger partial charge in [-0.3, -0.25) is 4.79 Å². The van der Waals surface area contributed by atoms with E-state index in [1.165, 1.54) is 12.5 Å². The van der Waals surface area contributed by atoms with Crippen molar-refractivity contribution in [3.05, 3.63) is 18.2 Å². The highest BCUT2D eigenvalue weighted by Gasteiger charge is 2.36. The summed E-state index contributed by atoms with van der Waals surface area (Å²) >= 11 is 0. The second kappa shape index (κ2) is 4.20. The summed E-state index contributed by atoms with van der Waals surface area (Å²) < 4.78 is 6.76. The molecule has 2 rings (SSSR count). The Kier molecular flexibility index (Phi) is 2.90. The van der Waals surface area contributed by atoms with Crippen molar-refractivity contribution < 1.29 is 19.7 Å². The van der Waals surface area contributed by atoms with Gasteiger partial charge in [-0.25, -0.2) is 4.98 Å². The summed E-state index contributed by atoms with van der Waals surface area (Å²) in [5.41, 5.74) is 5.20. The minimum absolute atomic E-state index is 0.139. The van der Waals surface area contributed by atoms with Gasteiger partial charge in [0.05, 0.1) is 25.6 Å². The first kappa shape index (κ1) is 11.1. The van der Waals surface area contributed by atoms with Crippen LogP contribution in [0.5, 0.6) is 0 Å². The van der Waals surface area contributed by atoms with Gasteiger partial charge in [0.25, 0.3) is 5.91 Å². The van der Waals surface area contributed by atoms with E-state index in [0.29, 0.717) is 0 Å². The number of hydrogen-bond donors (Lipinski definition) is 3. The second-order valence-electron chi connectivity index (χ2n) is 3.68. The standard InChI is InChI=1S/C9H13N3O4/c10-9(15)5-1-12(4-11-5)6-3-16-7(2-13)8(6)14/h1,4,6-8,13-14H,2-3H2,(H2,10,15)/t6-,7-,8+/m1/s1. The summed E-state index contributed by atoms with van der Waals surface area (Å²) in [5, 5.41) is 18.7. The zero-order valence-electron chi connectivity index (χ0n) is 8.48. The van der Waals surface area contributed by atoms with Crippen LogP contribution in [0, 0.1) is 0 Å². The van der Waals surface area contributed by atoms with E-state index in [0.717, 1.165) is 0 Å². The number of ether oxygens (including phenoxy) is 1. The van der Waals surface area contributed by atoms with Gasteiger partial charge in [0.15, 0.2) is 0 Å². The molecule has 0 bridgehead atoms. The Morgan fingerprint density at radius 1 is 1.75 bits per heavy atom. The molecular weight excluding hydrogens is 214 g/mol. The number of rotatable bonds is 3. The third kappa shape index (κ3) is 1.80. The molecular formula is C9H13N3O4. The number of primary amides is 1. The quantitative estimate of drug-likeness (QED) is 0.568. The minimum atomic E-state index is -0.820. The third-order valence-corrected chi connectivity index (χ3v) is 2.67. The molecule has 0 aromatic carbocycles. The molecule has 1 aliphatic rings. The van der Waals surface area contributed by atoms with Crippen LogP contribution in [0.15, 0.2) is 12.5 Å². The molecule has 1 aromatic rings. The van der Waals surface area contributed by atoms with E-state index >= 15 is 0 Å². The Hall–Kier alpha value is -1.44. The number of amides is 1. The fourth-order valence-corrected chi connectivity index (χ4v) is 1.74. The van der Waals surface area contributed by atoms with E-state index in [-0.39, 0.29) is 24.9 Å². The fourth-order valence-electron chi connectivity index (χ4n) is 1.74. The molecule has 1 aliphatic heterocycles. The van der Waals surface area contributed by atoms with Crippen LogP contribution >= 0.6 is 0 Å². The maximum absolute atomic E-state index is 10.8. The fraction of sp³-hybridized carbons (Fsp3) is 0.556. The average molecular weight is 227 g/mol. The monoisotopic (exact) mass is 227 g/mol. The summed E-state index contributed by atoms with van der Waals surface area (Å²) in [6.45, 7) is 0.0238. The van der Waals surface area contributed by atoms with Crippen molar-refractivity contribution in [1.29, 1.82) is 0 Å². The molecule has 1 fully saturated rings. The zero-order chi connectivity index (χ0) is 11.7. The Morgan fingerprint density at radius 2 is 2.50 bits per heavy atom. The van der Waals surface area contributed by atoms with E-state index in [4.69, 9.17) is 15.6 Å². The lowest BCUT2D eigenvalue weighted by Crippen LogP contribution is -2.30. The first-order valence-corrected chi connectivity index (χ1v) is 4.87. The second-order valence-corrected chi connectivity index (χ2v) is 3.68. The highest BCUT2D eigenvalue weighted by molar-refractivity contribution is 5.90. The summed E-state index contributed by atoms with van der Waals surface area (Å²) in [5.74, 6) is -0.620. The number of hydrogen-bond acceptors (Lipinski definition) is 5. The first-order valence-electron chi connectivity index (χ1n) is 4.87. The zero-order valence-corrected chi connectivity index (χ0v) is 8.48. The normalized spacial score (nSPS) is 29.5. The molecule has 2 heterocycles. The minimum Gasteiger partial charge on any atom is -0.394 e. The predicted octanol–water partition coefficient (Wildman–Crippen LogP) is -1.72. The average Bonchev–Trinajstić information content (AvgIpc) is 2.83. The van der Waals surface area contributed by atoms with Crippen LogP contribution in [0.2, 0.25) is 0 Å². The molecule has 88 valence electrons. The molecule has 0 unspecified atom stereocenters. The van der Waals surface area contributed by atoms with Crippen molar-refractivity contribution in [2.24, 2.45) is 5.73 Å². The van der Waals surface area contributed by atoms with Gasteiger partial charge in [-0.1, -0.05) is 0 Å². The van der Waals surface area contributed by atoms with Crippen molar-refractivity contribution in [1.82, 2.24) is 9.55 Å². The molecule has 1 amide bonds. The predicted molar refractivity (Wildman–Crippen MR) is 52.6 cm³/mol. The van der Waals surface area contributed by atoms with E-state index in [1.807, 2.05) is 0 Å². The number of carbonyl (C=O) groups is 1. The molecule has 0 saturated carbocycles. The third-order valence-electron chi connectivity index (χ3n) is 2.67. The van der Waals surface area contributed by atoms with Gasteiger partial charge in [0.2, 0.25) is 0 Å². The van der Waals surface area contributed by atoms with E-state index in [1.54, 1.807) is 4.57 Å². The van der Waals surface area contributed by atoms with Gasteiger partial charge in [-0.15, -0.1) is 0 Å². The topological polar surface area (TPSA) is 111 Å². The van der Waals surface area contributed by atoms with Crippen LogP contribution < -0.4 is 5.73 Å². The van der Waals surface area contributed by atoms with E-state index < -0.39 is 18.1 Å². The highest BCUT2D eigenvalue weighted by atomic mass is 16.5. The molecule has 1 saturated heterocycles. The van der Waals surface area contributed by atoms with Gasteiger partial charge < -0.3 is 25.3 Å². The molecule has 0 aliphatic carbocycles. The van der Waals surface area contributed by atoms with Crippen LogP contribution in [0.3, 0.4) is 0 Å². The van der Waals surface area contributed by atoms with Crippen molar-refractivity contribution in [2.45, 2.75) is 18.2 Å². The molecule has 3 atom stereocenters. The Labute approximate surface area is 91.5 Å². The van der Waals surface area contributed by atoms with E-state index in [2.05, 4.69) is 4.98 Å². The molecule has 7 heteroatoms. The molecule has 0 spiro atoms. The summed E-state index contributed by atoms with van der Waals surface area (Å²) in [4.78, 5) is 14.6. The molecule has 0 radical (unpaired) electrons. The van der Waals surface area contributed by atoms with Crippen molar-refractivity contribution in [3.63, 3.8) is 0 Å². The van der Waals surface area contributed by atoms with Gasteiger partial charge in [0.1, 0.15) is 17.9 Å². The Balaban J connectivity index is 2.15. The number of aliphatic hydroxyl groups excluding tert-OH is 2. The lowest BCUT2D eigenvalue weighted by Gasteiger charge is -2.16. The lowest BCUT2D eigenvalue weighted by atomic mass is 10.1. The summed E-state index contributed by atoms with van der Waals surface area (Å²) in [7, 11) is 0. The molecule has 4 N–H and O–H groups in total. The van der Waals surface area contributed by atoms with Crippen molar-refractivity contribution >= 4 is 5.91 Å².